The summed E-state index contributed by atoms with van der Waals surface area (Å²) in [6.45, 7) is 4.59. The molecule has 0 aliphatic carbocycles. The van der Waals surface area contributed by atoms with Gasteiger partial charge >= 0.3 is 0 Å². The van der Waals surface area contributed by atoms with Crippen LogP contribution in [0, 0.1) is 5.82 Å². The first kappa shape index (κ1) is 24.6. The van der Waals surface area contributed by atoms with Crippen molar-refractivity contribution in [1.82, 2.24) is 15.5 Å². The third kappa shape index (κ3) is 10.5. The number of hydrogen-bond donors (Lipinski definition) is 2. The minimum Gasteiger partial charge on any atom is -0.382 e. The number of likely N-dealkylation sites (N-methyl/N-ethyl adjacent to an activating group) is 1. The van der Waals surface area contributed by atoms with Crippen LogP contribution in [0.4, 0.5) is 4.39 Å². The molecule has 0 heterocycles. The third-order valence-electron chi connectivity index (χ3n) is 3.48. The van der Waals surface area contributed by atoms with Crippen LogP contribution in [0.1, 0.15) is 18.9 Å². The minimum atomic E-state index is -0.213. The second kappa shape index (κ2) is 14.7. The fourth-order valence-corrected chi connectivity index (χ4v) is 2.00. The third-order valence-corrected chi connectivity index (χ3v) is 3.48. The van der Waals surface area contributed by atoms with Crippen molar-refractivity contribution in [3.63, 3.8) is 0 Å². The number of benzene rings is 1. The molecule has 0 aliphatic heterocycles. The van der Waals surface area contributed by atoms with E-state index in [0.29, 0.717) is 44.2 Å². The van der Waals surface area contributed by atoms with Crippen LogP contribution in [-0.4, -0.2) is 63.7 Å². The lowest BCUT2D eigenvalue weighted by molar-refractivity contribution is -0.127. The lowest BCUT2D eigenvalue weighted by Gasteiger charge is -2.14. The molecule has 148 valence electrons. The second-order valence-corrected chi connectivity index (χ2v) is 5.70. The predicted molar refractivity (Wildman–Crippen MR) is 114 cm³/mol. The van der Waals surface area contributed by atoms with Crippen molar-refractivity contribution < 1.29 is 13.9 Å². The van der Waals surface area contributed by atoms with Gasteiger partial charge in [0.1, 0.15) is 12.4 Å². The summed E-state index contributed by atoms with van der Waals surface area (Å²) in [6.07, 6.45) is 1.37. The SMILES string of the molecule is CCOCCCNC(=NCC(=O)N(C)C)NCCc1ccccc1F.I. The maximum Gasteiger partial charge on any atom is 0.243 e. The number of ether oxygens (including phenoxy) is 1. The lowest BCUT2D eigenvalue weighted by atomic mass is 10.1. The normalized spacial score (nSPS) is 10.8. The van der Waals surface area contributed by atoms with Crippen molar-refractivity contribution in [2.75, 3.05) is 46.9 Å². The van der Waals surface area contributed by atoms with Crippen LogP contribution in [0.2, 0.25) is 0 Å². The van der Waals surface area contributed by atoms with Crippen LogP contribution in [0.25, 0.3) is 0 Å². The Morgan fingerprint density at radius 1 is 1.23 bits per heavy atom. The van der Waals surface area contributed by atoms with Gasteiger partial charge in [0.2, 0.25) is 5.91 Å². The number of guanidine groups is 1. The number of hydrogen-bond acceptors (Lipinski definition) is 3. The maximum absolute atomic E-state index is 13.6. The van der Waals surface area contributed by atoms with Crippen molar-refractivity contribution in [1.29, 1.82) is 0 Å². The van der Waals surface area contributed by atoms with Gasteiger partial charge in [0.05, 0.1) is 0 Å². The topological polar surface area (TPSA) is 66.0 Å². The molecule has 0 saturated carbocycles. The Balaban J connectivity index is 0.00000625. The number of amides is 1. The van der Waals surface area contributed by atoms with E-state index in [4.69, 9.17) is 4.74 Å². The number of carbonyl (C=O) groups excluding carboxylic acids is 1. The molecule has 0 bridgehead atoms. The highest BCUT2D eigenvalue weighted by Gasteiger charge is 2.05. The van der Waals surface area contributed by atoms with Gasteiger partial charge in [-0.2, -0.15) is 0 Å². The van der Waals surface area contributed by atoms with Crippen LogP contribution >= 0.6 is 24.0 Å². The zero-order valence-corrected chi connectivity index (χ0v) is 18.1. The molecule has 0 fully saturated rings. The molecule has 1 rings (SSSR count). The number of halogens is 2. The van der Waals surface area contributed by atoms with Crippen molar-refractivity contribution in [3.8, 4) is 0 Å². The van der Waals surface area contributed by atoms with Crippen molar-refractivity contribution >= 4 is 35.8 Å². The van der Waals surface area contributed by atoms with E-state index in [-0.39, 0.29) is 42.2 Å². The Hall–Kier alpha value is -1.42. The molecule has 1 amide bonds. The van der Waals surface area contributed by atoms with Crippen molar-refractivity contribution in [2.24, 2.45) is 4.99 Å². The average Bonchev–Trinajstić information content (AvgIpc) is 2.60. The minimum absolute atomic E-state index is 0. The van der Waals surface area contributed by atoms with Gasteiger partial charge in [-0.15, -0.1) is 24.0 Å². The fraction of sp³-hybridized carbons (Fsp3) is 0.556. The fourth-order valence-electron chi connectivity index (χ4n) is 2.00. The summed E-state index contributed by atoms with van der Waals surface area (Å²) in [5, 5.41) is 6.31. The zero-order chi connectivity index (χ0) is 18.5. The molecule has 1 aromatic carbocycles. The highest BCUT2D eigenvalue weighted by atomic mass is 127. The van der Waals surface area contributed by atoms with Gasteiger partial charge < -0.3 is 20.3 Å². The van der Waals surface area contributed by atoms with Crippen LogP contribution in [0.15, 0.2) is 29.3 Å². The quantitative estimate of drug-likeness (QED) is 0.233. The van der Waals surface area contributed by atoms with Crippen LogP contribution in [0.5, 0.6) is 0 Å². The van der Waals surface area contributed by atoms with Crippen LogP contribution in [0.3, 0.4) is 0 Å². The molecule has 1 aromatic rings. The Morgan fingerprint density at radius 2 is 1.92 bits per heavy atom. The largest absolute Gasteiger partial charge is 0.382 e. The van der Waals surface area contributed by atoms with E-state index in [1.54, 1.807) is 26.2 Å². The van der Waals surface area contributed by atoms with Crippen LogP contribution in [-0.2, 0) is 16.0 Å². The number of rotatable bonds is 10. The molecule has 6 nitrogen and oxygen atoms in total. The molecular weight excluding hydrogens is 450 g/mol. The number of nitrogens with one attached hydrogen (secondary N) is 2. The first-order valence-electron chi connectivity index (χ1n) is 8.58. The molecule has 0 radical (unpaired) electrons. The number of aliphatic imine (C=N–C) groups is 1. The lowest BCUT2D eigenvalue weighted by Crippen LogP contribution is -2.40. The van der Waals surface area contributed by atoms with E-state index in [0.717, 1.165) is 6.42 Å². The van der Waals surface area contributed by atoms with Gasteiger partial charge in [-0.1, -0.05) is 18.2 Å². The molecule has 2 N–H and O–H groups in total. The predicted octanol–water partition coefficient (Wildman–Crippen LogP) is 2.04. The van der Waals surface area contributed by atoms with Gasteiger partial charge in [0.25, 0.3) is 0 Å². The highest BCUT2D eigenvalue weighted by molar-refractivity contribution is 14.0. The van der Waals surface area contributed by atoms with Crippen molar-refractivity contribution in [3.05, 3.63) is 35.6 Å². The summed E-state index contributed by atoms with van der Waals surface area (Å²) < 4.78 is 18.9. The molecule has 26 heavy (non-hydrogen) atoms. The standard InChI is InChI=1S/C18H29FN4O2.HI/c1-4-25-13-7-11-20-18(22-14-17(24)23(2)3)21-12-10-15-8-5-6-9-16(15)19;/h5-6,8-9H,4,7,10-14H2,1-3H3,(H2,20,21,22);1H. The van der Waals surface area contributed by atoms with Crippen LogP contribution < -0.4 is 10.6 Å². The average molecular weight is 480 g/mol. The number of nitrogens with zero attached hydrogens (tertiary/aromatic N) is 2. The smallest absolute Gasteiger partial charge is 0.243 e. The summed E-state index contributed by atoms with van der Waals surface area (Å²) in [5.41, 5.74) is 0.648. The monoisotopic (exact) mass is 480 g/mol. The number of carbonyl (C=O) groups is 1. The Labute approximate surface area is 172 Å². The molecule has 0 spiro atoms. The molecule has 8 heteroatoms. The van der Waals surface area contributed by atoms with E-state index < -0.39 is 0 Å². The Bertz CT molecular complexity index is 556. The van der Waals surface area contributed by atoms with Gasteiger partial charge in [0.15, 0.2) is 5.96 Å². The molecule has 0 aromatic heterocycles. The summed E-state index contributed by atoms with van der Waals surface area (Å²) in [5.74, 6) is 0.253. The summed E-state index contributed by atoms with van der Waals surface area (Å²) in [4.78, 5) is 17.5. The van der Waals surface area contributed by atoms with E-state index >= 15 is 0 Å². The molecular formula is C18H30FIN4O2. The van der Waals surface area contributed by atoms with E-state index in [9.17, 15) is 9.18 Å². The maximum atomic E-state index is 13.6. The molecule has 0 unspecified atom stereocenters. The summed E-state index contributed by atoms with van der Waals surface area (Å²) in [6, 6.07) is 6.70. The Kier molecular flexibility index (Phi) is 13.9. The first-order chi connectivity index (χ1) is 12.0. The van der Waals surface area contributed by atoms with Gasteiger partial charge in [0, 0.05) is 40.4 Å². The summed E-state index contributed by atoms with van der Waals surface area (Å²) >= 11 is 0. The molecule has 0 aliphatic rings. The highest BCUT2D eigenvalue weighted by Crippen LogP contribution is 2.06. The van der Waals surface area contributed by atoms with Gasteiger partial charge in [-0.3, -0.25) is 4.79 Å². The summed E-state index contributed by atoms with van der Waals surface area (Å²) in [7, 11) is 3.39. The molecule has 0 saturated heterocycles. The zero-order valence-electron chi connectivity index (χ0n) is 15.8. The van der Waals surface area contributed by atoms with Gasteiger partial charge in [-0.05, 0) is 31.4 Å². The molecule has 0 atom stereocenters. The van der Waals surface area contributed by atoms with E-state index in [1.165, 1.54) is 11.0 Å². The van der Waals surface area contributed by atoms with E-state index in [1.807, 2.05) is 13.0 Å². The first-order valence-corrected chi connectivity index (χ1v) is 8.58. The van der Waals surface area contributed by atoms with E-state index in [2.05, 4.69) is 15.6 Å². The van der Waals surface area contributed by atoms with Crippen molar-refractivity contribution in [2.45, 2.75) is 19.8 Å². The Morgan fingerprint density at radius 3 is 2.58 bits per heavy atom. The van der Waals surface area contributed by atoms with Gasteiger partial charge in [-0.25, -0.2) is 9.38 Å². The second-order valence-electron chi connectivity index (χ2n) is 5.70.